The van der Waals surface area contributed by atoms with Gasteiger partial charge in [0, 0.05) is 34.2 Å². The molecule has 1 fully saturated rings. The number of carbonyl (C=O) groups excluding carboxylic acids is 2. The largest absolute Gasteiger partial charge is 0.354 e. The molecule has 2 N–H and O–H groups in total. The first-order valence-electron chi connectivity index (χ1n) is 6.35. The number of rotatable bonds is 5. The number of aliphatic imine (C=N–C) groups is 1. The molecule has 0 aromatic carbocycles. The van der Waals surface area contributed by atoms with Crippen molar-refractivity contribution in [2.24, 2.45) is 4.99 Å². The zero-order valence-corrected chi connectivity index (χ0v) is 12.1. The molecule has 19 heavy (non-hydrogen) atoms. The lowest BCUT2D eigenvalue weighted by Crippen LogP contribution is -2.44. The van der Waals surface area contributed by atoms with E-state index in [1.165, 1.54) is 9.80 Å². The molecule has 0 radical (unpaired) electrons. The Balaban J connectivity index is 2.48. The number of nitrogens with zero attached hydrogens (tertiary/aromatic N) is 3. The molecular weight excluding hydrogens is 246 g/mol. The highest BCUT2D eigenvalue weighted by atomic mass is 16.2. The van der Waals surface area contributed by atoms with E-state index in [0.717, 1.165) is 12.8 Å². The third-order valence-corrected chi connectivity index (χ3v) is 2.70. The maximum atomic E-state index is 11.5. The summed E-state index contributed by atoms with van der Waals surface area (Å²) in [6.45, 7) is 0.243. The fraction of sp³-hybridized carbons (Fsp3) is 0.750. The molecule has 0 bridgehead atoms. The van der Waals surface area contributed by atoms with E-state index in [4.69, 9.17) is 0 Å². The lowest BCUT2D eigenvalue weighted by molar-refractivity contribution is -0.127. The SMILES string of the molecule is CN(C)C(=O)CN=C(NCC(=O)N(C)C)NC1CC1. The van der Waals surface area contributed by atoms with Gasteiger partial charge >= 0.3 is 0 Å². The monoisotopic (exact) mass is 269 g/mol. The fourth-order valence-corrected chi connectivity index (χ4v) is 1.18. The van der Waals surface area contributed by atoms with Crippen molar-refractivity contribution < 1.29 is 9.59 Å². The third-order valence-electron chi connectivity index (χ3n) is 2.70. The van der Waals surface area contributed by atoms with Crippen LogP contribution in [0.3, 0.4) is 0 Å². The third kappa shape index (κ3) is 6.08. The van der Waals surface area contributed by atoms with Crippen LogP contribution >= 0.6 is 0 Å². The summed E-state index contributed by atoms with van der Waals surface area (Å²) >= 11 is 0. The highest BCUT2D eigenvalue weighted by Crippen LogP contribution is 2.18. The van der Waals surface area contributed by atoms with Gasteiger partial charge in [-0.15, -0.1) is 0 Å². The predicted molar refractivity (Wildman–Crippen MR) is 73.9 cm³/mol. The van der Waals surface area contributed by atoms with Crippen molar-refractivity contribution >= 4 is 17.8 Å². The highest BCUT2D eigenvalue weighted by molar-refractivity contribution is 5.88. The molecule has 108 valence electrons. The predicted octanol–water partition coefficient (Wildman–Crippen LogP) is -1.14. The Morgan fingerprint density at radius 3 is 2.16 bits per heavy atom. The van der Waals surface area contributed by atoms with Crippen LogP contribution in [-0.4, -0.2) is 74.9 Å². The molecule has 0 aromatic rings. The van der Waals surface area contributed by atoms with Gasteiger partial charge in [0.05, 0.1) is 6.54 Å². The first-order chi connectivity index (χ1) is 8.90. The van der Waals surface area contributed by atoms with Gasteiger partial charge in [0.2, 0.25) is 11.8 Å². The number of likely N-dealkylation sites (N-methyl/N-ethyl adjacent to an activating group) is 2. The van der Waals surface area contributed by atoms with Crippen LogP contribution in [0.15, 0.2) is 4.99 Å². The van der Waals surface area contributed by atoms with Gasteiger partial charge in [0.25, 0.3) is 0 Å². The van der Waals surface area contributed by atoms with Crippen LogP contribution < -0.4 is 10.6 Å². The maximum absolute atomic E-state index is 11.5. The van der Waals surface area contributed by atoms with Gasteiger partial charge in [0.15, 0.2) is 5.96 Å². The molecule has 7 heteroatoms. The minimum atomic E-state index is -0.0733. The van der Waals surface area contributed by atoms with Crippen molar-refractivity contribution in [3.63, 3.8) is 0 Å². The number of nitrogens with one attached hydrogen (secondary N) is 2. The summed E-state index contributed by atoms with van der Waals surface area (Å²) in [6, 6.07) is 0.412. The van der Waals surface area contributed by atoms with Crippen LogP contribution in [0, 0.1) is 0 Å². The maximum Gasteiger partial charge on any atom is 0.243 e. The average Bonchev–Trinajstić information content (AvgIpc) is 3.15. The van der Waals surface area contributed by atoms with Crippen molar-refractivity contribution in [3.8, 4) is 0 Å². The molecule has 0 unspecified atom stereocenters. The Hall–Kier alpha value is -1.79. The van der Waals surface area contributed by atoms with Gasteiger partial charge in [-0.1, -0.05) is 0 Å². The van der Waals surface area contributed by atoms with E-state index in [-0.39, 0.29) is 24.9 Å². The minimum absolute atomic E-state index is 0.0377. The van der Waals surface area contributed by atoms with Crippen LogP contribution in [-0.2, 0) is 9.59 Å². The molecule has 0 heterocycles. The number of amides is 2. The zero-order chi connectivity index (χ0) is 14.4. The van der Waals surface area contributed by atoms with E-state index < -0.39 is 0 Å². The lowest BCUT2D eigenvalue weighted by Gasteiger charge is -2.15. The molecule has 1 aliphatic carbocycles. The quantitative estimate of drug-likeness (QED) is 0.488. The van der Waals surface area contributed by atoms with Crippen molar-refractivity contribution in [3.05, 3.63) is 0 Å². The Morgan fingerprint density at radius 1 is 1.11 bits per heavy atom. The number of hydrogen-bond acceptors (Lipinski definition) is 3. The Kier molecular flexibility index (Phi) is 5.59. The second-order valence-electron chi connectivity index (χ2n) is 5.01. The molecule has 1 aliphatic rings. The van der Waals surface area contributed by atoms with E-state index >= 15 is 0 Å². The molecule has 2 amide bonds. The fourth-order valence-electron chi connectivity index (χ4n) is 1.18. The van der Waals surface area contributed by atoms with Gasteiger partial charge in [-0.3, -0.25) is 9.59 Å². The second-order valence-corrected chi connectivity index (χ2v) is 5.01. The summed E-state index contributed by atoms with van der Waals surface area (Å²) in [7, 11) is 6.78. The average molecular weight is 269 g/mol. The summed E-state index contributed by atoms with van der Waals surface area (Å²) in [4.78, 5) is 30.2. The number of hydrogen-bond donors (Lipinski definition) is 2. The van der Waals surface area contributed by atoms with Crippen LogP contribution in [0.25, 0.3) is 0 Å². The lowest BCUT2D eigenvalue weighted by atomic mass is 10.5. The van der Waals surface area contributed by atoms with Gasteiger partial charge in [-0.25, -0.2) is 4.99 Å². The Bertz CT molecular complexity index is 361. The van der Waals surface area contributed by atoms with E-state index in [0.29, 0.717) is 12.0 Å². The Morgan fingerprint density at radius 2 is 1.68 bits per heavy atom. The molecule has 0 spiro atoms. The van der Waals surface area contributed by atoms with E-state index in [2.05, 4.69) is 15.6 Å². The first-order valence-corrected chi connectivity index (χ1v) is 6.35. The van der Waals surface area contributed by atoms with Crippen molar-refractivity contribution in [2.75, 3.05) is 41.3 Å². The minimum Gasteiger partial charge on any atom is -0.354 e. The summed E-state index contributed by atoms with van der Waals surface area (Å²) in [5.41, 5.74) is 0. The second kappa shape index (κ2) is 6.96. The molecule has 1 rings (SSSR count). The first kappa shape index (κ1) is 15.3. The van der Waals surface area contributed by atoms with Gasteiger partial charge in [-0.05, 0) is 12.8 Å². The standard InChI is InChI=1S/C12H23N5O2/c1-16(2)10(18)7-13-12(15-9-5-6-9)14-8-11(19)17(3)4/h9H,5-8H2,1-4H3,(H2,13,14,15). The highest BCUT2D eigenvalue weighted by Gasteiger charge is 2.22. The summed E-state index contributed by atoms with van der Waals surface area (Å²) < 4.78 is 0. The normalized spacial score (nSPS) is 14.8. The van der Waals surface area contributed by atoms with E-state index in [9.17, 15) is 9.59 Å². The molecule has 0 saturated heterocycles. The summed E-state index contributed by atoms with van der Waals surface area (Å²) in [5.74, 6) is 0.410. The van der Waals surface area contributed by atoms with Crippen LogP contribution in [0.2, 0.25) is 0 Å². The molecule has 0 atom stereocenters. The zero-order valence-electron chi connectivity index (χ0n) is 12.1. The van der Waals surface area contributed by atoms with Gasteiger partial charge in [-0.2, -0.15) is 0 Å². The topological polar surface area (TPSA) is 77.0 Å². The van der Waals surface area contributed by atoms with Crippen molar-refractivity contribution in [1.29, 1.82) is 0 Å². The molecule has 7 nitrogen and oxygen atoms in total. The summed E-state index contributed by atoms with van der Waals surface area (Å²) in [6.07, 6.45) is 2.20. The number of guanidine groups is 1. The van der Waals surface area contributed by atoms with Gasteiger partial charge < -0.3 is 20.4 Å². The van der Waals surface area contributed by atoms with Gasteiger partial charge in [0.1, 0.15) is 6.54 Å². The van der Waals surface area contributed by atoms with Crippen LogP contribution in [0.5, 0.6) is 0 Å². The summed E-state index contributed by atoms with van der Waals surface area (Å²) in [5, 5.41) is 6.12. The Labute approximate surface area is 114 Å². The van der Waals surface area contributed by atoms with E-state index in [1.807, 2.05) is 0 Å². The smallest absolute Gasteiger partial charge is 0.243 e. The van der Waals surface area contributed by atoms with E-state index in [1.54, 1.807) is 28.2 Å². The molecule has 0 aromatic heterocycles. The molecule has 1 saturated carbocycles. The van der Waals surface area contributed by atoms with Crippen molar-refractivity contribution in [2.45, 2.75) is 18.9 Å². The van der Waals surface area contributed by atoms with Crippen LogP contribution in [0.4, 0.5) is 0 Å². The van der Waals surface area contributed by atoms with Crippen molar-refractivity contribution in [1.82, 2.24) is 20.4 Å². The molecule has 0 aliphatic heterocycles. The molecular formula is C12H23N5O2. The number of carbonyl (C=O) groups is 2. The van der Waals surface area contributed by atoms with Crippen LogP contribution in [0.1, 0.15) is 12.8 Å².